The molecule has 0 amide bonds. The van der Waals surface area contributed by atoms with Crippen molar-refractivity contribution in [3.05, 3.63) is 76.3 Å². The summed E-state index contributed by atoms with van der Waals surface area (Å²) in [5, 5.41) is 11.5. The van der Waals surface area contributed by atoms with Crippen LogP contribution in [0.15, 0.2) is 59.8 Å². The number of ether oxygens (including phenoxy) is 1. The van der Waals surface area contributed by atoms with E-state index in [1.165, 1.54) is 36.7 Å². The number of benzene rings is 2. The van der Waals surface area contributed by atoms with Gasteiger partial charge in [0.15, 0.2) is 0 Å². The Labute approximate surface area is 242 Å². The van der Waals surface area contributed by atoms with Gasteiger partial charge in [0.1, 0.15) is 17.3 Å². The smallest absolute Gasteiger partial charge is 0.332 e. The van der Waals surface area contributed by atoms with Crippen LogP contribution in [0.4, 0.5) is 10.1 Å². The van der Waals surface area contributed by atoms with E-state index in [4.69, 9.17) is 20.5 Å². The third kappa shape index (κ3) is 5.19. The van der Waals surface area contributed by atoms with Crippen LogP contribution in [0.3, 0.4) is 0 Å². The van der Waals surface area contributed by atoms with Crippen LogP contribution in [-0.2, 0) is 6.98 Å². The number of hydrogen-bond donors (Lipinski definition) is 1. The molecule has 0 spiro atoms. The number of aromatic hydroxyl groups is 1. The van der Waals surface area contributed by atoms with Gasteiger partial charge in [0.05, 0.1) is 17.8 Å². The number of pyridine rings is 1. The Kier molecular flexibility index (Phi) is 6.38. The van der Waals surface area contributed by atoms with Crippen molar-refractivity contribution in [2.45, 2.75) is 26.3 Å². The van der Waals surface area contributed by atoms with Gasteiger partial charge in [-0.05, 0) is 56.7 Å². The summed E-state index contributed by atoms with van der Waals surface area (Å²) in [5.41, 5.74) is 1.60. The maximum absolute atomic E-state index is 15.0. The summed E-state index contributed by atoms with van der Waals surface area (Å²) in [7, 11) is 1.55. The van der Waals surface area contributed by atoms with E-state index >= 15 is 4.39 Å². The van der Waals surface area contributed by atoms with Gasteiger partial charge in [-0.1, -0.05) is 17.7 Å². The monoisotopic (exact) mass is 568 g/mol. The fourth-order valence-electron chi connectivity index (χ4n) is 5.06. The van der Waals surface area contributed by atoms with Crippen molar-refractivity contribution in [2.75, 3.05) is 38.2 Å². The first kappa shape index (κ1) is 24.0. The second kappa shape index (κ2) is 10.6. The molecule has 2 aromatic heterocycles. The third-order valence-corrected chi connectivity index (χ3v) is 7.58. The molecule has 5 rings (SSSR count). The third-order valence-electron chi connectivity index (χ3n) is 7.28. The number of piperazine rings is 1. The predicted octanol–water partition coefficient (Wildman–Crippen LogP) is 5.33. The summed E-state index contributed by atoms with van der Waals surface area (Å²) in [4.78, 5) is 21.7. The molecule has 4 aromatic rings. The second-order valence-corrected chi connectivity index (χ2v) is 11.1. The van der Waals surface area contributed by atoms with Gasteiger partial charge in [0, 0.05) is 78.1 Å². The van der Waals surface area contributed by atoms with Crippen LogP contribution in [0, 0.1) is 5.82 Å². The van der Waals surface area contributed by atoms with Crippen LogP contribution >= 0.6 is 11.6 Å². The fourth-order valence-corrected chi connectivity index (χ4v) is 5.33. The first-order valence-electron chi connectivity index (χ1n) is 14.4. The van der Waals surface area contributed by atoms with E-state index in [1.54, 1.807) is 13.2 Å². The number of hydrogen-bond acceptors (Lipinski definition) is 6. The molecule has 1 saturated heterocycles. The Morgan fingerprint density at radius 2 is 1.73 bits per heavy atom. The molecule has 210 valence electrons. The summed E-state index contributed by atoms with van der Waals surface area (Å²) in [6, 6.07) is 8.86. The lowest BCUT2D eigenvalue weighted by molar-refractivity contribution is 0.128. The van der Waals surface area contributed by atoms with Crippen LogP contribution < -0.4 is 15.3 Å². The highest BCUT2D eigenvalue weighted by Crippen LogP contribution is 2.42. The molecular weight excluding hydrogens is 533 g/mol. The molecule has 8 nitrogen and oxygen atoms in total. The number of anilines is 1. The normalized spacial score (nSPS) is 15.9. The summed E-state index contributed by atoms with van der Waals surface area (Å²) in [6.07, 6.45) is 4.00. The van der Waals surface area contributed by atoms with Gasteiger partial charge < -0.3 is 19.3 Å². The van der Waals surface area contributed by atoms with E-state index in [0.717, 1.165) is 42.6 Å². The minimum atomic E-state index is -2.64. The minimum Gasteiger partial charge on any atom is -0.507 e. The summed E-state index contributed by atoms with van der Waals surface area (Å²) >= 11 is 6.52. The molecule has 1 fully saturated rings. The van der Waals surface area contributed by atoms with Gasteiger partial charge in [-0.2, -0.15) is 0 Å². The van der Waals surface area contributed by atoms with Crippen molar-refractivity contribution in [2.24, 2.45) is 6.98 Å². The fraction of sp³-hybridized carbons (Fsp3) is 0.333. The van der Waals surface area contributed by atoms with Crippen LogP contribution in [0.5, 0.6) is 11.6 Å². The van der Waals surface area contributed by atoms with Crippen molar-refractivity contribution >= 4 is 17.3 Å². The zero-order chi connectivity index (χ0) is 31.3. The van der Waals surface area contributed by atoms with Gasteiger partial charge in [-0.25, -0.2) is 14.2 Å². The van der Waals surface area contributed by atoms with Crippen LogP contribution in [0.2, 0.25) is 5.02 Å². The molecule has 1 aliphatic heterocycles. The molecule has 1 aliphatic rings. The molecule has 0 unspecified atom stereocenters. The Bertz CT molecular complexity index is 1720. The summed E-state index contributed by atoms with van der Waals surface area (Å²) < 4.78 is 44.9. The zero-order valence-electron chi connectivity index (χ0n) is 25.8. The number of phenols is 1. The number of phenolic OH excluding ortho intramolecular Hbond substituents is 1. The Hall–Kier alpha value is -3.82. The lowest BCUT2D eigenvalue weighted by atomic mass is 9.97. The molecule has 2 aromatic carbocycles. The number of rotatable bonds is 5. The first-order chi connectivity index (χ1) is 20.2. The quantitative estimate of drug-likeness (QED) is 0.351. The maximum Gasteiger partial charge on any atom is 0.332 e. The molecule has 0 saturated carbocycles. The predicted molar refractivity (Wildman–Crippen MR) is 156 cm³/mol. The first-order valence-corrected chi connectivity index (χ1v) is 13.2. The van der Waals surface area contributed by atoms with E-state index in [1.807, 2.05) is 6.07 Å². The lowest BCUT2D eigenvalue weighted by Gasteiger charge is -2.43. The van der Waals surface area contributed by atoms with Crippen molar-refractivity contribution in [1.82, 2.24) is 19.0 Å². The van der Waals surface area contributed by atoms with E-state index in [2.05, 4.69) is 35.6 Å². The van der Waals surface area contributed by atoms with Gasteiger partial charge in [-0.3, -0.25) is 9.47 Å². The van der Waals surface area contributed by atoms with Crippen LogP contribution in [0.1, 0.15) is 24.9 Å². The molecule has 0 aliphatic carbocycles. The number of aromatic nitrogens is 3. The SMILES string of the molecule is [2H]C([2H])([2H])n1ccn(-c2ccc(-c3cc(F)cc(-c4cnc(OC)c(N5CCN(C(C)(C)C)CC5)c4)c3O)cc2Cl)c1=O. The molecule has 10 heteroatoms. The largest absolute Gasteiger partial charge is 0.507 e. The topological polar surface area (TPSA) is 75.8 Å². The average Bonchev–Trinajstić information content (AvgIpc) is 3.34. The molecule has 0 bridgehead atoms. The van der Waals surface area contributed by atoms with E-state index in [0.29, 0.717) is 21.6 Å². The van der Waals surface area contributed by atoms with Gasteiger partial charge in [-0.15, -0.1) is 0 Å². The summed E-state index contributed by atoms with van der Waals surface area (Å²) in [6.45, 7) is 7.14. The average molecular weight is 569 g/mol. The molecule has 0 radical (unpaired) electrons. The number of nitrogens with zero attached hydrogens (tertiary/aromatic N) is 5. The van der Waals surface area contributed by atoms with E-state index in [9.17, 15) is 9.90 Å². The van der Waals surface area contributed by atoms with E-state index in [-0.39, 0.29) is 33.1 Å². The van der Waals surface area contributed by atoms with Crippen molar-refractivity contribution in [3.63, 3.8) is 0 Å². The number of methoxy groups -OCH3 is 1. The van der Waals surface area contributed by atoms with Gasteiger partial charge in [0.25, 0.3) is 0 Å². The zero-order valence-corrected chi connectivity index (χ0v) is 23.5. The van der Waals surface area contributed by atoms with E-state index < -0.39 is 18.5 Å². The second-order valence-electron chi connectivity index (χ2n) is 10.7. The molecular formula is C30H33ClFN5O3. The Morgan fingerprint density at radius 3 is 2.33 bits per heavy atom. The number of aryl methyl sites for hydroxylation is 1. The Morgan fingerprint density at radius 1 is 1.02 bits per heavy atom. The lowest BCUT2D eigenvalue weighted by Crippen LogP contribution is -2.53. The molecule has 40 heavy (non-hydrogen) atoms. The minimum absolute atomic E-state index is 0.0555. The number of halogens is 2. The highest BCUT2D eigenvalue weighted by molar-refractivity contribution is 6.32. The molecule has 0 atom stereocenters. The van der Waals surface area contributed by atoms with Crippen molar-refractivity contribution < 1.29 is 18.3 Å². The standard InChI is InChI=1S/C30H33ClFN5O3/c1-30(2,3)36-11-9-35(10-12-36)26-15-20(18-33-28(26)40-5)23-17-21(32)16-22(27(23)38)19-6-7-25(24(31)14-19)37-13-8-34(4)29(37)39/h6-8,13-18,38H,9-12H2,1-5H3/i4D3. The Balaban J connectivity index is 1.51. The van der Waals surface area contributed by atoms with Crippen molar-refractivity contribution in [1.29, 1.82) is 0 Å². The van der Waals surface area contributed by atoms with Crippen molar-refractivity contribution in [3.8, 4) is 39.6 Å². The van der Waals surface area contributed by atoms with Gasteiger partial charge >= 0.3 is 5.69 Å². The van der Waals surface area contributed by atoms with Gasteiger partial charge in [0.2, 0.25) is 5.88 Å². The molecule has 3 heterocycles. The highest BCUT2D eigenvalue weighted by Gasteiger charge is 2.28. The highest BCUT2D eigenvalue weighted by atomic mass is 35.5. The summed E-state index contributed by atoms with van der Waals surface area (Å²) in [5.74, 6) is -0.314. The van der Waals surface area contributed by atoms with Crippen LogP contribution in [-0.4, -0.2) is 63.0 Å². The number of imidazole rings is 1. The molecule has 1 N–H and O–H groups in total. The van der Waals surface area contributed by atoms with Crippen LogP contribution in [0.25, 0.3) is 27.9 Å². The maximum atomic E-state index is 15.0.